The Labute approximate surface area is 166 Å². The lowest BCUT2D eigenvalue weighted by atomic mass is 10.0. The van der Waals surface area contributed by atoms with E-state index in [1.807, 2.05) is 31.2 Å². The van der Waals surface area contributed by atoms with Crippen molar-refractivity contribution in [2.24, 2.45) is 0 Å². The van der Waals surface area contributed by atoms with Gasteiger partial charge in [-0.2, -0.15) is 25.8 Å². The van der Waals surface area contributed by atoms with E-state index in [1.165, 1.54) is 0 Å². The van der Waals surface area contributed by atoms with Crippen molar-refractivity contribution in [3.63, 3.8) is 0 Å². The summed E-state index contributed by atoms with van der Waals surface area (Å²) in [5.74, 6) is 0. The van der Waals surface area contributed by atoms with Crippen LogP contribution in [-0.4, -0.2) is 16.9 Å². The molecule has 28 heavy (non-hydrogen) atoms. The highest BCUT2D eigenvalue weighted by Gasteiger charge is 2.33. The van der Waals surface area contributed by atoms with Crippen LogP contribution in [0.5, 0.6) is 0 Å². The molecule has 2 N–H and O–H groups in total. The fourth-order valence-corrected chi connectivity index (χ4v) is 2.89. The molecule has 3 nitrogen and oxygen atoms in total. The van der Waals surface area contributed by atoms with Crippen molar-refractivity contribution in [3.8, 4) is 0 Å². The maximum Gasteiger partial charge on any atom is 0.432 e. The standard InChI is InChI=1S/C21H18F3N3S/c1-13(28)14-7-9-15(10-8-14)19(12-20(25)21(22,23)24)27-18-6-2-5-17-16(18)4-3-11-26-17/h2-13,25,27-28H,1H3/b19-12-,25-20?. The van der Waals surface area contributed by atoms with Crippen molar-refractivity contribution in [3.05, 3.63) is 78.0 Å². The number of thiol groups is 1. The number of nitrogens with zero attached hydrogens (tertiary/aromatic N) is 1. The molecule has 0 amide bonds. The molecule has 2 aromatic carbocycles. The second-order valence-electron chi connectivity index (χ2n) is 6.27. The van der Waals surface area contributed by atoms with Crippen LogP contribution in [0.3, 0.4) is 0 Å². The average Bonchev–Trinajstić information content (AvgIpc) is 2.67. The van der Waals surface area contributed by atoms with Crippen molar-refractivity contribution in [2.75, 3.05) is 5.32 Å². The van der Waals surface area contributed by atoms with Crippen molar-refractivity contribution >= 4 is 40.6 Å². The molecule has 1 aromatic heterocycles. The molecule has 1 heterocycles. The van der Waals surface area contributed by atoms with Gasteiger partial charge in [-0.25, -0.2) is 0 Å². The number of hydrogen-bond acceptors (Lipinski definition) is 4. The van der Waals surface area contributed by atoms with Gasteiger partial charge in [0.2, 0.25) is 0 Å². The van der Waals surface area contributed by atoms with Gasteiger partial charge in [0.25, 0.3) is 0 Å². The lowest BCUT2D eigenvalue weighted by molar-refractivity contribution is -0.0583. The number of rotatable bonds is 5. The summed E-state index contributed by atoms with van der Waals surface area (Å²) in [6.45, 7) is 1.91. The fourth-order valence-electron chi connectivity index (χ4n) is 2.72. The van der Waals surface area contributed by atoms with Crippen LogP contribution in [0.1, 0.15) is 23.3 Å². The largest absolute Gasteiger partial charge is 0.432 e. The molecule has 0 aliphatic heterocycles. The van der Waals surface area contributed by atoms with Gasteiger partial charge in [-0.3, -0.25) is 10.4 Å². The summed E-state index contributed by atoms with van der Waals surface area (Å²) in [7, 11) is 0. The predicted molar refractivity (Wildman–Crippen MR) is 111 cm³/mol. The van der Waals surface area contributed by atoms with Gasteiger partial charge in [0.1, 0.15) is 5.71 Å². The monoisotopic (exact) mass is 401 g/mol. The number of benzene rings is 2. The Balaban J connectivity index is 2.05. The zero-order chi connectivity index (χ0) is 20.3. The molecule has 0 spiro atoms. The number of allylic oxidation sites excluding steroid dienone is 1. The van der Waals surface area contributed by atoms with E-state index < -0.39 is 11.9 Å². The summed E-state index contributed by atoms with van der Waals surface area (Å²) in [5, 5.41) is 11.2. The Kier molecular flexibility index (Phi) is 5.74. The van der Waals surface area contributed by atoms with Gasteiger partial charge in [0.15, 0.2) is 0 Å². The zero-order valence-corrected chi connectivity index (χ0v) is 15.9. The normalized spacial score (nSPS) is 13.4. The van der Waals surface area contributed by atoms with Crippen molar-refractivity contribution < 1.29 is 13.2 Å². The van der Waals surface area contributed by atoms with Gasteiger partial charge in [-0.15, -0.1) is 0 Å². The third-order valence-electron chi connectivity index (χ3n) is 4.21. The van der Waals surface area contributed by atoms with Crippen LogP contribution < -0.4 is 5.32 Å². The molecule has 3 rings (SSSR count). The number of aromatic nitrogens is 1. The Morgan fingerprint density at radius 1 is 1.11 bits per heavy atom. The summed E-state index contributed by atoms with van der Waals surface area (Å²) in [6, 6.07) is 16.0. The predicted octanol–water partition coefficient (Wildman–Crippen LogP) is 6.26. The number of halogens is 3. The van der Waals surface area contributed by atoms with E-state index in [-0.39, 0.29) is 10.9 Å². The third kappa shape index (κ3) is 4.54. The van der Waals surface area contributed by atoms with E-state index >= 15 is 0 Å². The molecule has 0 aliphatic rings. The Morgan fingerprint density at radius 3 is 2.46 bits per heavy atom. The van der Waals surface area contributed by atoms with E-state index in [1.54, 1.807) is 36.5 Å². The van der Waals surface area contributed by atoms with Crippen LogP contribution >= 0.6 is 12.6 Å². The van der Waals surface area contributed by atoms with Gasteiger partial charge in [0, 0.05) is 28.2 Å². The van der Waals surface area contributed by atoms with Gasteiger partial charge in [0.05, 0.1) is 5.52 Å². The van der Waals surface area contributed by atoms with Crippen LogP contribution in [0.2, 0.25) is 0 Å². The highest BCUT2D eigenvalue weighted by Crippen LogP contribution is 2.28. The molecule has 0 aliphatic carbocycles. The second-order valence-corrected chi connectivity index (χ2v) is 7.04. The lowest BCUT2D eigenvalue weighted by Gasteiger charge is -2.15. The second kappa shape index (κ2) is 8.06. The highest BCUT2D eigenvalue weighted by molar-refractivity contribution is 7.80. The average molecular weight is 401 g/mol. The zero-order valence-electron chi connectivity index (χ0n) is 15.0. The first kappa shape index (κ1) is 19.9. The molecule has 1 atom stereocenters. The van der Waals surface area contributed by atoms with E-state index in [9.17, 15) is 13.2 Å². The minimum atomic E-state index is -4.73. The maximum atomic E-state index is 13.0. The number of pyridine rings is 1. The summed E-state index contributed by atoms with van der Waals surface area (Å²) in [4.78, 5) is 4.26. The molecule has 0 saturated heterocycles. The molecule has 144 valence electrons. The van der Waals surface area contributed by atoms with E-state index in [4.69, 9.17) is 5.41 Å². The number of alkyl halides is 3. The van der Waals surface area contributed by atoms with Crippen molar-refractivity contribution in [2.45, 2.75) is 18.3 Å². The number of fused-ring (bicyclic) bond motifs is 1. The number of anilines is 1. The maximum absolute atomic E-state index is 13.0. The van der Waals surface area contributed by atoms with Crippen LogP contribution in [-0.2, 0) is 0 Å². The summed E-state index contributed by atoms with van der Waals surface area (Å²) < 4.78 is 38.9. The third-order valence-corrected chi connectivity index (χ3v) is 4.51. The summed E-state index contributed by atoms with van der Waals surface area (Å²) in [6.07, 6.45) is -2.28. The molecule has 0 radical (unpaired) electrons. The van der Waals surface area contributed by atoms with E-state index in [2.05, 4.69) is 22.9 Å². The molecule has 0 saturated carbocycles. The molecule has 0 bridgehead atoms. The fraction of sp³-hybridized carbons (Fsp3) is 0.143. The van der Waals surface area contributed by atoms with Crippen LogP contribution in [0.4, 0.5) is 18.9 Å². The smallest absolute Gasteiger partial charge is 0.354 e. The van der Waals surface area contributed by atoms with Crippen LogP contribution in [0.15, 0.2) is 66.9 Å². The van der Waals surface area contributed by atoms with Gasteiger partial charge >= 0.3 is 6.18 Å². The molecule has 0 fully saturated rings. The molecule has 7 heteroatoms. The number of hydrogen-bond donors (Lipinski definition) is 3. The lowest BCUT2D eigenvalue weighted by Crippen LogP contribution is -2.20. The van der Waals surface area contributed by atoms with Crippen molar-refractivity contribution in [1.29, 1.82) is 5.41 Å². The highest BCUT2D eigenvalue weighted by atomic mass is 32.1. The number of nitrogens with one attached hydrogen (secondary N) is 2. The summed E-state index contributed by atoms with van der Waals surface area (Å²) >= 11 is 4.37. The first-order chi connectivity index (χ1) is 13.3. The van der Waals surface area contributed by atoms with E-state index in [0.29, 0.717) is 11.3 Å². The molecular formula is C21H18F3N3S. The van der Waals surface area contributed by atoms with Gasteiger partial charge in [-0.05, 0) is 48.4 Å². The molecular weight excluding hydrogens is 383 g/mol. The van der Waals surface area contributed by atoms with Gasteiger partial charge in [-0.1, -0.05) is 30.3 Å². The first-order valence-electron chi connectivity index (χ1n) is 8.52. The van der Waals surface area contributed by atoms with Gasteiger partial charge < -0.3 is 5.32 Å². The quantitative estimate of drug-likeness (QED) is 0.349. The minimum Gasteiger partial charge on any atom is -0.354 e. The minimum absolute atomic E-state index is 0.00653. The topological polar surface area (TPSA) is 48.8 Å². The SMILES string of the molecule is CC(S)c1ccc(/C(=C/C(=N)C(F)(F)F)Nc2cccc3ncccc23)cc1. The molecule has 1 unspecified atom stereocenters. The first-order valence-corrected chi connectivity index (χ1v) is 9.04. The summed E-state index contributed by atoms with van der Waals surface area (Å²) in [5.41, 5.74) is 1.56. The Bertz CT molecular complexity index is 1020. The van der Waals surface area contributed by atoms with Crippen LogP contribution in [0.25, 0.3) is 16.6 Å². The molecule has 3 aromatic rings. The Hall–Kier alpha value is -2.80. The Morgan fingerprint density at radius 2 is 1.82 bits per heavy atom. The van der Waals surface area contributed by atoms with Crippen LogP contribution in [0, 0.1) is 5.41 Å². The van der Waals surface area contributed by atoms with Crippen molar-refractivity contribution in [1.82, 2.24) is 4.98 Å². The van der Waals surface area contributed by atoms with E-state index in [0.717, 1.165) is 22.5 Å².